The Balaban J connectivity index is 2.66. The van der Waals surface area contributed by atoms with Crippen LogP contribution in [0.4, 0.5) is 8.78 Å². The van der Waals surface area contributed by atoms with Gasteiger partial charge in [-0.25, -0.2) is 0 Å². The smallest absolute Gasteiger partial charge is 0.387 e. The third-order valence-electron chi connectivity index (χ3n) is 2.34. The quantitative estimate of drug-likeness (QED) is 0.817. The summed E-state index contributed by atoms with van der Waals surface area (Å²) in [5.74, 6) is -0.114. The molecule has 0 bridgehead atoms. The maximum absolute atomic E-state index is 12.3. The van der Waals surface area contributed by atoms with E-state index in [2.05, 4.69) is 9.13 Å². The maximum Gasteiger partial charge on any atom is 0.387 e. The lowest BCUT2D eigenvalue weighted by Crippen LogP contribution is -2.22. The molecule has 0 radical (unpaired) electrons. The average Bonchev–Trinajstić information content (AvgIpc) is 2.52. The first kappa shape index (κ1) is 12.7. The van der Waals surface area contributed by atoms with Crippen molar-refractivity contribution in [2.24, 2.45) is 4.40 Å². The van der Waals surface area contributed by atoms with E-state index in [0.717, 1.165) is 0 Å². The minimum Gasteiger partial charge on any atom is -0.434 e. The van der Waals surface area contributed by atoms with Gasteiger partial charge in [-0.15, -0.1) is 4.40 Å². The van der Waals surface area contributed by atoms with Gasteiger partial charge in [-0.05, 0) is 12.1 Å². The van der Waals surface area contributed by atoms with Crippen molar-refractivity contribution >= 4 is 15.9 Å². The van der Waals surface area contributed by atoms with Crippen LogP contribution in [-0.4, -0.2) is 39.9 Å². The number of rotatable bonds is 2. The van der Waals surface area contributed by atoms with Gasteiger partial charge in [0.1, 0.15) is 10.6 Å². The summed E-state index contributed by atoms with van der Waals surface area (Å²) in [6.45, 7) is -3.02. The van der Waals surface area contributed by atoms with Crippen molar-refractivity contribution in [2.45, 2.75) is 11.5 Å². The van der Waals surface area contributed by atoms with Crippen LogP contribution in [0.5, 0.6) is 5.75 Å². The highest BCUT2D eigenvalue weighted by atomic mass is 32.2. The second-order valence-corrected chi connectivity index (χ2v) is 5.36. The molecule has 0 saturated heterocycles. The van der Waals surface area contributed by atoms with Crippen LogP contribution in [0.15, 0.2) is 27.5 Å². The first-order valence-electron chi connectivity index (χ1n) is 4.93. The maximum atomic E-state index is 12.3. The molecule has 0 amide bonds. The molecular formula is C10H10F2N2O3S. The normalized spacial score (nSPS) is 16.4. The molecule has 1 heterocycles. The molecule has 0 spiro atoms. The molecule has 0 unspecified atom stereocenters. The predicted molar refractivity (Wildman–Crippen MR) is 60.5 cm³/mol. The molecule has 0 atom stereocenters. The van der Waals surface area contributed by atoms with E-state index in [1.165, 1.54) is 23.1 Å². The van der Waals surface area contributed by atoms with Crippen LogP contribution in [0.2, 0.25) is 0 Å². The Morgan fingerprint density at radius 3 is 2.56 bits per heavy atom. The molecule has 0 N–H and O–H groups in total. The molecular weight excluding hydrogens is 266 g/mol. The monoisotopic (exact) mass is 276 g/mol. The molecule has 1 aromatic carbocycles. The number of benzene rings is 1. The summed E-state index contributed by atoms with van der Waals surface area (Å²) in [5.41, 5.74) is 0.0720. The predicted octanol–water partition coefficient (Wildman–Crippen LogP) is 1.30. The SMILES string of the molecule is CN(C)C1=NS(=O)(=O)c2cccc(OC(F)F)c21. The highest BCUT2D eigenvalue weighted by molar-refractivity contribution is 7.90. The summed E-state index contributed by atoms with van der Waals surface area (Å²) in [4.78, 5) is 1.31. The van der Waals surface area contributed by atoms with Gasteiger partial charge in [0.25, 0.3) is 10.0 Å². The fourth-order valence-electron chi connectivity index (χ4n) is 1.65. The van der Waals surface area contributed by atoms with Crippen LogP contribution in [0, 0.1) is 0 Å². The number of ether oxygens (including phenoxy) is 1. The van der Waals surface area contributed by atoms with Crippen molar-refractivity contribution in [2.75, 3.05) is 14.1 Å². The Bertz CT molecular complexity index is 612. The van der Waals surface area contributed by atoms with Crippen LogP contribution < -0.4 is 4.74 Å². The zero-order chi connectivity index (χ0) is 13.5. The van der Waals surface area contributed by atoms with E-state index >= 15 is 0 Å². The number of fused-ring (bicyclic) bond motifs is 1. The zero-order valence-corrected chi connectivity index (χ0v) is 10.4. The molecule has 1 aromatic rings. The largest absolute Gasteiger partial charge is 0.434 e. The third kappa shape index (κ3) is 2.03. The fourth-order valence-corrected chi connectivity index (χ4v) is 2.94. The van der Waals surface area contributed by atoms with Gasteiger partial charge < -0.3 is 9.64 Å². The standard InChI is InChI=1S/C10H10F2N2O3S/c1-14(2)9-8-6(17-10(11)12)4-3-5-7(8)18(15,16)13-9/h3-5,10H,1-2H3. The topological polar surface area (TPSA) is 59.0 Å². The Labute approximate surface area is 103 Å². The highest BCUT2D eigenvalue weighted by Gasteiger charge is 2.33. The van der Waals surface area contributed by atoms with Gasteiger partial charge in [0.2, 0.25) is 0 Å². The molecule has 1 aliphatic rings. The summed E-state index contributed by atoms with van der Waals surface area (Å²) in [5, 5.41) is 0. The molecule has 0 aliphatic carbocycles. The Hall–Kier alpha value is -1.70. The van der Waals surface area contributed by atoms with E-state index < -0.39 is 16.6 Å². The third-order valence-corrected chi connectivity index (χ3v) is 3.65. The van der Waals surface area contributed by atoms with E-state index in [9.17, 15) is 17.2 Å². The van der Waals surface area contributed by atoms with Crippen LogP contribution in [0.3, 0.4) is 0 Å². The van der Waals surface area contributed by atoms with Gasteiger partial charge in [0.05, 0.1) is 5.56 Å². The lowest BCUT2D eigenvalue weighted by atomic mass is 10.1. The van der Waals surface area contributed by atoms with Crippen molar-refractivity contribution in [3.8, 4) is 5.75 Å². The molecule has 98 valence electrons. The summed E-state index contributed by atoms with van der Waals surface area (Å²) in [6.07, 6.45) is 0. The second kappa shape index (κ2) is 4.20. The Morgan fingerprint density at radius 1 is 1.33 bits per heavy atom. The molecule has 18 heavy (non-hydrogen) atoms. The lowest BCUT2D eigenvalue weighted by Gasteiger charge is -2.15. The van der Waals surface area contributed by atoms with Crippen molar-refractivity contribution in [3.63, 3.8) is 0 Å². The number of sulfonamides is 1. The summed E-state index contributed by atoms with van der Waals surface area (Å²) >= 11 is 0. The van der Waals surface area contributed by atoms with Crippen LogP contribution in [0.25, 0.3) is 0 Å². The minimum absolute atomic E-state index is 0.0720. The highest BCUT2D eigenvalue weighted by Crippen LogP contribution is 2.34. The number of nitrogens with zero attached hydrogens (tertiary/aromatic N) is 2. The molecule has 0 aromatic heterocycles. The van der Waals surface area contributed by atoms with Crippen molar-refractivity contribution in [1.29, 1.82) is 0 Å². The van der Waals surface area contributed by atoms with Gasteiger partial charge in [-0.2, -0.15) is 17.2 Å². The van der Waals surface area contributed by atoms with Crippen molar-refractivity contribution in [3.05, 3.63) is 23.8 Å². The number of amidine groups is 1. The van der Waals surface area contributed by atoms with Gasteiger partial charge >= 0.3 is 6.61 Å². The second-order valence-electron chi connectivity index (χ2n) is 3.79. The molecule has 8 heteroatoms. The van der Waals surface area contributed by atoms with Crippen LogP contribution in [0.1, 0.15) is 5.56 Å². The lowest BCUT2D eigenvalue weighted by molar-refractivity contribution is -0.0501. The van der Waals surface area contributed by atoms with Crippen LogP contribution >= 0.6 is 0 Å². The minimum atomic E-state index is -3.84. The first-order chi connectivity index (χ1) is 8.33. The summed E-state index contributed by atoms with van der Waals surface area (Å²) < 4.78 is 55.9. The number of hydrogen-bond donors (Lipinski definition) is 0. The molecule has 1 aliphatic heterocycles. The van der Waals surface area contributed by atoms with Crippen LogP contribution in [-0.2, 0) is 10.0 Å². The van der Waals surface area contributed by atoms with Crippen molar-refractivity contribution in [1.82, 2.24) is 4.90 Å². The van der Waals surface area contributed by atoms with Gasteiger partial charge in [-0.3, -0.25) is 0 Å². The van der Waals surface area contributed by atoms with E-state index in [0.29, 0.717) is 0 Å². The zero-order valence-electron chi connectivity index (χ0n) is 9.59. The van der Waals surface area contributed by atoms with Gasteiger partial charge in [-0.1, -0.05) is 6.07 Å². The van der Waals surface area contributed by atoms with E-state index in [-0.39, 0.29) is 22.0 Å². The molecule has 0 fully saturated rings. The number of hydrogen-bond acceptors (Lipinski definition) is 4. The summed E-state index contributed by atoms with van der Waals surface area (Å²) in [7, 11) is -0.693. The fraction of sp³-hybridized carbons (Fsp3) is 0.300. The van der Waals surface area contributed by atoms with Gasteiger partial charge in [0, 0.05) is 14.1 Å². The van der Waals surface area contributed by atoms with E-state index in [4.69, 9.17) is 0 Å². The first-order valence-corrected chi connectivity index (χ1v) is 6.37. The molecule has 5 nitrogen and oxygen atoms in total. The van der Waals surface area contributed by atoms with Gasteiger partial charge in [0.15, 0.2) is 5.84 Å². The summed E-state index contributed by atoms with van der Waals surface area (Å²) in [6, 6.07) is 3.93. The molecule has 0 saturated carbocycles. The van der Waals surface area contributed by atoms with Crippen molar-refractivity contribution < 1.29 is 21.9 Å². The van der Waals surface area contributed by atoms with E-state index in [1.807, 2.05) is 0 Å². The number of halogens is 2. The Kier molecular flexibility index (Phi) is 2.97. The van der Waals surface area contributed by atoms with E-state index in [1.54, 1.807) is 14.1 Å². The number of alkyl halides is 2. The Morgan fingerprint density at radius 2 is 2.00 bits per heavy atom. The average molecular weight is 276 g/mol. The molecule has 2 rings (SSSR count).